The minimum absolute atomic E-state index is 0.559. The van der Waals surface area contributed by atoms with E-state index >= 15 is 0 Å². The first-order valence-electron chi connectivity index (χ1n) is 7.30. The van der Waals surface area contributed by atoms with Crippen molar-refractivity contribution in [3.05, 3.63) is 54.7 Å². The molecule has 0 spiro atoms. The second-order valence-electron chi connectivity index (χ2n) is 5.26. The Morgan fingerprint density at radius 1 is 1.12 bits per heavy atom. The van der Waals surface area contributed by atoms with E-state index in [2.05, 4.69) is 15.0 Å². The second kappa shape index (κ2) is 5.31. The van der Waals surface area contributed by atoms with Crippen LogP contribution in [0.5, 0.6) is 0 Å². The normalized spacial score (nSPS) is 11.0. The molecule has 4 rings (SSSR count). The van der Waals surface area contributed by atoms with E-state index in [0.717, 1.165) is 5.52 Å². The number of fused-ring (bicyclic) bond motifs is 2. The molecule has 7 heteroatoms. The Bertz CT molecular complexity index is 1070. The molecule has 7 nitrogen and oxygen atoms in total. The van der Waals surface area contributed by atoms with Crippen LogP contribution in [0, 0.1) is 6.92 Å². The summed E-state index contributed by atoms with van der Waals surface area (Å²) < 4.78 is 5.54. The van der Waals surface area contributed by atoms with Gasteiger partial charge in [0.05, 0.1) is 16.9 Å². The summed E-state index contributed by atoms with van der Waals surface area (Å²) in [6.45, 7) is 1.77. The number of hydrogen-bond donors (Lipinski definition) is 1. The molecule has 0 aliphatic carbocycles. The van der Waals surface area contributed by atoms with Crippen LogP contribution in [0.1, 0.15) is 5.89 Å². The number of carbonyl (C=O) groups is 1. The maximum Gasteiger partial charge on any atom is 0.323 e. The summed E-state index contributed by atoms with van der Waals surface area (Å²) in [5.74, 6) is 0.559. The summed E-state index contributed by atoms with van der Waals surface area (Å²) in [5.41, 5.74) is 9.34. The Morgan fingerprint density at radius 2 is 2.00 bits per heavy atom. The van der Waals surface area contributed by atoms with E-state index in [1.54, 1.807) is 49.6 Å². The lowest BCUT2D eigenvalue weighted by Crippen LogP contribution is -2.31. The van der Waals surface area contributed by atoms with Crippen LogP contribution in [0.15, 0.2) is 53.2 Å². The number of hydrogen-bond acceptors (Lipinski definition) is 5. The van der Waals surface area contributed by atoms with Gasteiger partial charge in [-0.3, -0.25) is 14.9 Å². The van der Waals surface area contributed by atoms with Crippen LogP contribution in [-0.4, -0.2) is 21.0 Å². The monoisotopic (exact) mass is 319 g/mol. The lowest BCUT2D eigenvalue weighted by Gasteiger charge is -2.21. The fourth-order valence-electron chi connectivity index (χ4n) is 2.70. The van der Waals surface area contributed by atoms with Crippen molar-refractivity contribution in [1.82, 2.24) is 15.0 Å². The lowest BCUT2D eigenvalue weighted by molar-refractivity contribution is 0.256. The molecule has 118 valence electrons. The fourth-order valence-corrected chi connectivity index (χ4v) is 2.70. The Hall–Kier alpha value is -3.48. The highest BCUT2D eigenvalue weighted by atomic mass is 16.3. The van der Waals surface area contributed by atoms with Gasteiger partial charge in [0.1, 0.15) is 11.0 Å². The van der Waals surface area contributed by atoms with E-state index < -0.39 is 6.03 Å². The van der Waals surface area contributed by atoms with Crippen LogP contribution < -0.4 is 10.6 Å². The third kappa shape index (κ3) is 2.23. The van der Waals surface area contributed by atoms with Gasteiger partial charge < -0.3 is 10.2 Å². The molecule has 2 amide bonds. The third-order valence-corrected chi connectivity index (χ3v) is 3.67. The van der Waals surface area contributed by atoms with Gasteiger partial charge in [0.15, 0.2) is 11.5 Å². The summed E-state index contributed by atoms with van der Waals surface area (Å²) in [4.78, 5) is 26.4. The molecule has 0 saturated carbocycles. The predicted molar refractivity (Wildman–Crippen MR) is 90.0 cm³/mol. The average molecular weight is 319 g/mol. The zero-order chi connectivity index (χ0) is 16.7. The first kappa shape index (κ1) is 14.1. The van der Waals surface area contributed by atoms with Crippen LogP contribution in [0.2, 0.25) is 0 Å². The molecule has 3 aromatic heterocycles. The highest BCUT2D eigenvalue weighted by Crippen LogP contribution is 2.32. The smallest absolute Gasteiger partial charge is 0.323 e. The number of oxazole rings is 1. The largest absolute Gasteiger partial charge is 0.441 e. The first-order valence-corrected chi connectivity index (χ1v) is 7.30. The van der Waals surface area contributed by atoms with Crippen LogP contribution in [0.4, 0.5) is 16.2 Å². The molecular weight excluding hydrogens is 306 g/mol. The number of benzene rings is 1. The summed E-state index contributed by atoms with van der Waals surface area (Å²) in [5, 5.41) is 0. The van der Waals surface area contributed by atoms with Gasteiger partial charge in [-0.15, -0.1) is 0 Å². The Morgan fingerprint density at radius 3 is 2.83 bits per heavy atom. The quantitative estimate of drug-likeness (QED) is 0.611. The first-order chi connectivity index (χ1) is 11.6. The van der Waals surface area contributed by atoms with E-state index in [0.29, 0.717) is 33.9 Å². The summed E-state index contributed by atoms with van der Waals surface area (Å²) in [6.07, 6.45) is 3.27. The molecule has 0 aliphatic heterocycles. The second-order valence-corrected chi connectivity index (χ2v) is 5.26. The maximum atomic E-state index is 12.1. The molecule has 0 saturated heterocycles. The molecule has 0 fully saturated rings. The molecule has 0 bridgehead atoms. The Kier molecular flexibility index (Phi) is 3.13. The van der Waals surface area contributed by atoms with Gasteiger partial charge in [0.25, 0.3) is 0 Å². The van der Waals surface area contributed by atoms with Gasteiger partial charge in [-0.05, 0) is 30.3 Å². The number of pyridine rings is 2. The van der Waals surface area contributed by atoms with E-state index in [4.69, 9.17) is 10.2 Å². The highest BCUT2D eigenvalue weighted by Gasteiger charge is 2.19. The van der Waals surface area contributed by atoms with Crippen LogP contribution in [-0.2, 0) is 0 Å². The molecule has 1 aromatic carbocycles. The maximum absolute atomic E-state index is 12.1. The fraction of sp³-hybridized carbons (Fsp3) is 0.0588. The number of carbonyl (C=O) groups excluding carboxylic acids is 1. The van der Waals surface area contributed by atoms with Crippen molar-refractivity contribution in [3.63, 3.8) is 0 Å². The molecule has 0 radical (unpaired) electrons. The number of primary amides is 1. The number of anilines is 2. The zero-order valence-electron chi connectivity index (χ0n) is 12.8. The number of amides is 2. The Labute approximate surface area is 136 Å². The van der Waals surface area contributed by atoms with Crippen LogP contribution in [0.25, 0.3) is 22.1 Å². The van der Waals surface area contributed by atoms with Crippen LogP contribution >= 0.6 is 0 Å². The van der Waals surface area contributed by atoms with Crippen molar-refractivity contribution in [2.24, 2.45) is 5.73 Å². The van der Waals surface area contributed by atoms with Crippen molar-refractivity contribution < 1.29 is 9.21 Å². The van der Waals surface area contributed by atoms with Gasteiger partial charge in [0, 0.05) is 25.4 Å². The number of nitrogens with two attached hydrogens (primary N) is 1. The number of aryl methyl sites for hydroxylation is 1. The van der Waals surface area contributed by atoms with Gasteiger partial charge >= 0.3 is 6.03 Å². The predicted octanol–water partition coefficient (Wildman–Crippen LogP) is 3.30. The topological polar surface area (TPSA) is 98.1 Å². The SMILES string of the molecule is Cc1nc2ccc(N(C(N)=O)c3ccnc4cccnc34)cc2o1. The van der Waals surface area contributed by atoms with Gasteiger partial charge in [-0.1, -0.05) is 0 Å². The lowest BCUT2D eigenvalue weighted by atomic mass is 10.2. The third-order valence-electron chi connectivity index (χ3n) is 3.67. The molecule has 3 heterocycles. The molecule has 4 aromatic rings. The number of aromatic nitrogens is 3. The minimum Gasteiger partial charge on any atom is -0.441 e. The molecule has 0 unspecified atom stereocenters. The van der Waals surface area contributed by atoms with E-state index in [1.807, 2.05) is 6.07 Å². The van der Waals surface area contributed by atoms with Crippen LogP contribution in [0.3, 0.4) is 0 Å². The van der Waals surface area contributed by atoms with E-state index in [1.165, 1.54) is 4.90 Å². The highest BCUT2D eigenvalue weighted by molar-refractivity contribution is 6.05. The van der Waals surface area contributed by atoms with Crippen molar-refractivity contribution in [3.8, 4) is 0 Å². The summed E-state index contributed by atoms with van der Waals surface area (Å²) >= 11 is 0. The Balaban J connectivity index is 1.94. The van der Waals surface area contributed by atoms with Crippen molar-refractivity contribution in [2.75, 3.05) is 4.90 Å². The summed E-state index contributed by atoms with van der Waals surface area (Å²) in [6, 6.07) is 9.98. The van der Waals surface area contributed by atoms with Crippen molar-refractivity contribution in [2.45, 2.75) is 6.92 Å². The molecule has 0 aliphatic rings. The minimum atomic E-state index is -0.622. The molecule has 24 heavy (non-hydrogen) atoms. The molecule has 2 N–H and O–H groups in total. The zero-order valence-corrected chi connectivity index (χ0v) is 12.8. The van der Waals surface area contributed by atoms with Gasteiger partial charge in [-0.2, -0.15) is 0 Å². The van der Waals surface area contributed by atoms with E-state index in [9.17, 15) is 4.79 Å². The van der Waals surface area contributed by atoms with Gasteiger partial charge in [0.2, 0.25) is 0 Å². The van der Waals surface area contributed by atoms with Crippen molar-refractivity contribution >= 4 is 39.5 Å². The number of urea groups is 1. The molecule has 0 atom stereocenters. The number of nitrogens with zero attached hydrogens (tertiary/aromatic N) is 4. The van der Waals surface area contributed by atoms with E-state index in [-0.39, 0.29) is 0 Å². The number of rotatable bonds is 2. The average Bonchev–Trinajstić information content (AvgIpc) is 2.94. The van der Waals surface area contributed by atoms with Gasteiger partial charge in [-0.25, -0.2) is 9.78 Å². The van der Waals surface area contributed by atoms with Crippen molar-refractivity contribution in [1.29, 1.82) is 0 Å². The standard InChI is InChI=1S/C17H13N5O2/c1-10-21-12-5-4-11(9-15(12)24-10)22(17(18)23)14-6-8-19-13-3-2-7-20-16(13)14/h2-9H,1H3,(H2,18,23). The molecular formula is C17H13N5O2. The summed E-state index contributed by atoms with van der Waals surface area (Å²) in [7, 11) is 0.